The topological polar surface area (TPSA) is 68.3 Å². The van der Waals surface area contributed by atoms with E-state index in [0.29, 0.717) is 17.1 Å². The van der Waals surface area contributed by atoms with E-state index >= 15 is 0 Å². The van der Waals surface area contributed by atoms with Crippen molar-refractivity contribution in [1.29, 1.82) is 0 Å². The van der Waals surface area contributed by atoms with Gasteiger partial charge in [0.2, 0.25) is 0 Å². The Morgan fingerprint density at radius 2 is 1.88 bits per heavy atom. The van der Waals surface area contributed by atoms with Gasteiger partial charge in [-0.1, -0.05) is 59.9 Å². The summed E-state index contributed by atoms with van der Waals surface area (Å²) >= 11 is 1.41. The number of nitrogens with zero attached hydrogens (tertiary/aromatic N) is 1. The maximum absolute atomic E-state index is 12.6. The van der Waals surface area contributed by atoms with Crippen molar-refractivity contribution in [3.05, 3.63) is 71.4 Å². The van der Waals surface area contributed by atoms with Gasteiger partial charge >= 0.3 is 5.97 Å². The van der Waals surface area contributed by atoms with Crippen LogP contribution in [0.4, 0.5) is 5.13 Å². The number of nitrogens with one attached hydrogen (secondary N) is 1. The molecule has 26 heavy (non-hydrogen) atoms. The van der Waals surface area contributed by atoms with Crippen LogP contribution in [-0.2, 0) is 16.0 Å². The number of fused-ring (bicyclic) bond motifs is 1. The minimum absolute atomic E-state index is 0.360. The summed E-state index contributed by atoms with van der Waals surface area (Å²) in [7, 11) is 0. The first-order valence-corrected chi connectivity index (χ1v) is 9.06. The van der Waals surface area contributed by atoms with E-state index in [1.54, 1.807) is 12.1 Å². The quantitative estimate of drug-likeness (QED) is 0.717. The highest BCUT2D eigenvalue weighted by molar-refractivity contribution is 7.19. The molecule has 2 aromatic carbocycles. The Bertz CT molecular complexity index is 982. The highest BCUT2D eigenvalue weighted by Crippen LogP contribution is 2.32. The van der Waals surface area contributed by atoms with Crippen LogP contribution in [0.2, 0.25) is 0 Å². The van der Waals surface area contributed by atoms with Gasteiger partial charge in [-0.3, -0.25) is 10.1 Å². The lowest BCUT2D eigenvalue weighted by Gasteiger charge is -2.23. The minimum atomic E-state index is -0.846. The second kappa shape index (κ2) is 6.72. The molecular formula is C20H16N2O3S. The summed E-state index contributed by atoms with van der Waals surface area (Å²) in [6.07, 6.45) is -0.481. The molecule has 1 aromatic heterocycles. The predicted octanol–water partition coefficient (Wildman–Crippen LogP) is 3.84. The van der Waals surface area contributed by atoms with Gasteiger partial charge in [0, 0.05) is 6.42 Å². The molecule has 6 heteroatoms. The second-order valence-electron chi connectivity index (χ2n) is 6.04. The molecule has 1 aliphatic heterocycles. The number of hydrogen-bond donors (Lipinski definition) is 1. The van der Waals surface area contributed by atoms with Crippen molar-refractivity contribution in [1.82, 2.24) is 4.98 Å². The van der Waals surface area contributed by atoms with E-state index in [1.807, 2.05) is 49.4 Å². The molecule has 130 valence electrons. The zero-order chi connectivity index (χ0) is 18.1. The number of benzene rings is 2. The third-order valence-electron chi connectivity index (χ3n) is 4.25. The van der Waals surface area contributed by atoms with E-state index in [2.05, 4.69) is 10.3 Å². The monoisotopic (exact) mass is 364 g/mol. The molecule has 0 bridgehead atoms. The normalized spacial score (nSPS) is 15.9. The molecule has 0 saturated heterocycles. The Kier molecular flexibility index (Phi) is 4.26. The standard InChI is InChI=1S/C20H16N2O3S/c1-12-17(13-7-3-2-4-8-13)26-20(21-12)22-18(23)16-11-14-9-5-6-10-15(14)19(24)25-16/h2-10,16H,11H2,1H3,(H,21,22,23). The lowest BCUT2D eigenvalue weighted by Crippen LogP contribution is -2.37. The van der Waals surface area contributed by atoms with Crippen LogP contribution >= 0.6 is 11.3 Å². The van der Waals surface area contributed by atoms with Crippen LogP contribution in [0.25, 0.3) is 10.4 Å². The molecule has 2 heterocycles. The third-order valence-corrected chi connectivity index (χ3v) is 5.37. The second-order valence-corrected chi connectivity index (χ2v) is 7.04. The summed E-state index contributed by atoms with van der Waals surface area (Å²) < 4.78 is 5.29. The van der Waals surface area contributed by atoms with E-state index in [-0.39, 0.29) is 5.91 Å². The largest absolute Gasteiger partial charge is 0.448 e. The van der Waals surface area contributed by atoms with Crippen LogP contribution < -0.4 is 5.32 Å². The molecule has 1 N–H and O–H groups in total. The van der Waals surface area contributed by atoms with E-state index in [0.717, 1.165) is 21.7 Å². The number of carbonyl (C=O) groups excluding carboxylic acids is 2. The van der Waals surface area contributed by atoms with Crippen LogP contribution in [0.5, 0.6) is 0 Å². The number of hydrogen-bond acceptors (Lipinski definition) is 5. The zero-order valence-electron chi connectivity index (χ0n) is 14.1. The number of thiazole rings is 1. The summed E-state index contributed by atoms with van der Waals surface area (Å²) in [6, 6.07) is 17.1. The van der Waals surface area contributed by atoms with Crippen molar-refractivity contribution < 1.29 is 14.3 Å². The summed E-state index contributed by atoms with van der Waals surface area (Å²) in [5, 5.41) is 3.29. The Hall–Kier alpha value is -2.99. The molecule has 5 nitrogen and oxygen atoms in total. The van der Waals surface area contributed by atoms with Crippen molar-refractivity contribution in [2.75, 3.05) is 5.32 Å². The van der Waals surface area contributed by atoms with E-state index < -0.39 is 12.1 Å². The van der Waals surface area contributed by atoms with Crippen LogP contribution in [-0.4, -0.2) is 23.0 Å². The zero-order valence-corrected chi connectivity index (χ0v) is 14.9. The van der Waals surface area contributed by atoms with Crippen LogP contribution in [0.15, 0.2) is 54.6 Å². The van der Waals surface area contributed by atoms with E-state index in [9.17, 15) is 9.59 Å². The van der Waals surface area contributed by atoms with Gasteiger partial charge in [0.05, 0.1) is 16.1 Å². The van der Waals surface area contributed by atoms with Gasteiger partial charge in [-0.2, -0.15) is 0 Å². The van der Waals surface area contributed by atoms with Gasteiger partial charge in [-0.25, -0.2) is 9.78 Å². The molecule has 0 fully saturated rings. The first-order chi connectivity index (χ1) is 12.6. The molecule has 0 spiro atoms. The minimum Gasteiger partial charge on any atom is -0.448 e. The highest BCUT2D eigenvalue weighted by Gasteiger charge is 2.31. The predicted molar refractivity (Wildman–Crippen MR) is 100 cm³/mol. The van der Waals surface area contributed by atoms with Crippen molar-refractivity contribution in [3.63, 3.8) is 0 Å². The number of ether oxygens (including phenoxy) is 1. The lowest BCUT2D eigenvalue weighted by atomic mass is 9.98. The van der Waals surface area contributed by atoms with Gasteiger partial charge in [0.1, 0.15) is 0 Å². The SMILES string of the molecule is Cc1nc(NC(=O)C2Cc3ccccc3C(=O)O2)sc1-c1ccccc1. The van der Waals surface area contributed by atoms with Crippen molar-refractivity contribution in [2.45, 2.75) is 19.4 Å². The van der Waals surface area contributed by atoms with Gasteiger partial charge in [-0.05, 0) is 24.1 Å². The first kappa shape index (κ1) is 16.5. The number of aryl methyl sites for hydroxylation is 1. The van der Waals surface area contributed by atoms with Crippen LogP contribution in [0.1, 0.15) is 21.6 Å². The van der Waals surface area contributed by atoms with Gasteiger partial charge in [0.25, 0.3) is 5.91 Å². The number of cyclic esters (lactones) is 1. The smallest absolute Gasteiger partial charge is 0.339 e. The molecule has 4 rings (SSSR count). The maximum atomic E-state index is 12.6. The third kappa shape index (κ3) is 3.11. The Morgan fingerprint density at radius 1 is 1.15 bits per heavy atom. The number of aromatic nitrogens is 1. The van der Waals surface area contributed by atoms with Crippen LogP contribution in [0.3, 0.4) is 0 Å². The number of rotatable bonds is 3. The summed E-state index contributed by atoms with van der Waals surface area (Å²) in [5.74, 6) is -0.825. The van der Waals surface area contributed by atoms with Gasteiger partial charge in [-0.15, -0.1) is 0 Å². The molecule has 3 aromatic rings. The molecule has 1 amide bonds. The Morgan fingerprint density at radius 3 is 2.69 bits per heavy atom. The molecule has 0 aliphatic carbocycles. The van der Waals surface area contributed by atoms with E-state index in [1.165, 1.54) is 11.3 Å². The molecule has 1 unspecified atom stereocenters. The van der Waals surface area contributed by atoms with Crippen molar-refractivity contribution in [3.8, 4) is 10.4 Å². The fourth-order valence-corrected chi connectivity index (χ4v) is 3.95. The average molecular weight is 364 g/mol. The van der Waals surface area contributed by atoms with Crippen LogP contribution in [0, 0.1) is 6.92 Å². The molecule has 0 saturated carbocycles. The molecule has 1 atom stereocenters. The number of esters is 1. The number of amides is 1. The summed E-state index contributed by atoms with van der Waals surface area (Å²) in [5.41, 5.74) is 3.25. The number of carbonyl (C=O) groups is 2. The molecular weight excluding hydrogens is 348 g/mol. The van der Waals surface area contributed by atoms with Gasteiger partial charge in [0.15, 0.2) is 11.2 Å². The van der Waals surface area contributed by atoms with Gasteiger partial charge < -0.3 is 4.74 Å². The Balaban J connectivity index is 1.52. The van der Waals surface area contributed by atoms with E-state index in [4.69, 9.17) is 4.74 Å². The summed E-state index contributed by atoms with van der Waals surface area (Å²) in [4.78, 5) is 30.1. The fraction of sp³-hybridized carbons (Fsp3) is 0.150. The first-order valence-electron chi connectivity index (χ1n) is 8.24. The lowest BCUT2D eigenvalue weighted by molar-refractivity contribution is -0.125. The van der Waals surface area contributed by atoms with Crippen molar-refractivity contribution in [2.24, 2.45) is 0 Å². The molecule has 0 radical (unpaired) electrons. The number of anilines is 1. The fourth-order valence-electron chi connectivity index (χ4n) is 2.97. The Labute approximate surface area is 154 Å². The molecule has 1 aliphatic rings. The van der Waals surface area contributed by atoms with Crippen molar-refractivity contribution >= 4 is 28.3 Å². The maximum Gasteiger partial charge on any atom is 0.339 e. The highest BCUT2D eigenvalue weighted by atomic mass is 32.1. The average Bonchev–Trinajstić information content (AvgIpc) is 3.02. The summed E-state index contributed by atoms with van der Waals surface area (Å²) in [6.45, 7) is 1.91.